The summed E-state index contributed by atoms with van der Waals surface area (Å²) in [7, 11) is -3.14. The number of carbonyl (C=O) groups is 2. The highest BCUT2D eigenvalue weighted by Crippen LogP contribution is 2.24. The Morgan fingerprint density at radius 1 is 1.30 bits per heavy atom. The van der Waals surface area contributed by atoms with E-state index in [0.717, 1.165) is 12.8 Å². The molecule has 6 nitrogen and oxygen atoms in total. The molecule has 1 amide bonds. The number of carboxylic acid groups (broad SMARTS) is 1. The number of rotatable bonds is 5. The third-order valence-corrected chi connectivity index (χ3v) is 5.57. The van der Waals surface area contributed by atoms with Crippen molar-refractivity contribution in [3.63, 3.8) is 0 Å². The summed E-state index contributed by atoms with van der Waals surface area (Å²) >= 11 is 0. The van der Waals surface area contributed by atoms with Crippen molar-refractivity contribution in [2.75, 3.05) is 18.1 Å². The average molecular weight is 301 g/mol. The van der Waals surface area contributed by atoms with E-state index in [1.54, 1.807) is 0 Å². The summed E-state index contributed by atoms with van der Waals surface area (Å²) < 4.78 is 23.0. The van der Waals surface area contributed by atoms with Crippen LogP contribution in [0.25, 0.3) is 0 Å². The van der Waals surface area contributed by atoms with Crippen molar-refractivity contribution in [1.82, 2.24) is 4.90 Å². The maximum absolute atomic E-state index is 12.3. The van der Waals surface area contributed by atoms with Crippen LogP contribution >= 0.6 is 0 Å². The van der Waals surface area contributed by atoms with E-state index in [-0.39, 0.29) is 29.8 Å². The van der Waals surface area contributed by atoms with Crippen molar-refractivity contribution < 1.29 is 23.1 Å². The van der Waals surface area contributed by atoms with Crippen LogP contribution in [0.4, 0.5) is 0 Å². The molecule has 7 heteroatoms. The van der Waals surface area contributed by atoms with E-state index in [4.69, 9.17) is 5.11 Å². The molecule has 112 valence electrons. The molecule has 1 aliphatic carbocycles. The van der Waals surface area contributed by atoms with Crippen molar-refractivity contribution in [1.29, 1.82) is 0 Å². The van der Waals surface area contributed by atoms with Crippen molar-refractivity contribution >= 4 is 21.7 Å². The van der Waals surface area contributed by atoms with Crippen LogP contribution < -0.4 is 0 Å². The summed E-state index contributed by atoms with van der Waals surface area (Å²) in [6.07, 6.45) is 6.42. The van der Waals surface area contributed by atoms with Crippen molar-refractivity contribution in [3.8, 4) is 0 Å². The fourth-order valence-corrected chi connectivity index (χ4v) is 4.53. The molecular weight excluding hydrogens is 282 g/mol. The smallest absolute Gasteiger partial charge is 0.323 e. The lowest BCUT2D eigenvalue weighted by molar-refractivity contribution is -0.146. The minimum atomic E-state index is -3.14. The number of amides is 1. The Balaban J connectivity index is 2.04. The standard InChI is InChI=1S/C13H19NO5S/c15-12(7-10-3-1-2-4-10)14(8-13(16)17)11-5-6-20(18,19)9-11/h1,3,10-11H,2,4-9H2,(H,16,17). The third kappa shape index (κ3) is 3.82. The molecule has 1 aliphatic heterocycles. The van der Waals surface area contributed by atoms with Gasteiger partial charge in [0.25, 0.3) is 0 Å². The fraction of sp³-hybridized carbons (Fsp3) is 0.692. The minimum Gasteiger partial charge on any atom is -0.480 e. The first-order valence-corrected chi connectivity index (χ1v) is 8.58. The van der Waals surface area contributed by atoms with Crippen LogP contribution in [0.5, 0.6) is 0 Å². The summed E-state index contributed by atoms with van der Waals surface area (Å²) in [5, 5.41) is 8.93. The molecule has 0 spiro atoms. The van der Waals surface area contributed by atoms with Gasteiger partial charge in [-0.1, -0.05) is 12.2 Å². The molecule has 0 aromatic carbocycles. The first kappa shape index (κ1) is 15.0. The topological polar surface area (TPSA) is 91.8 Å². The lowest BCUT2D eigenvalue weighted by Crippen LogP contribution is -2.44. The molecule has 0 bridgehead atoms. The van der Waals surface area contributed by atoms with Crippen LogP contribution in [0, 0.1) is 5.92 Å². The molecule has 1 saturated heterocycles. The zero-order chi connectivity index (χ0) is 14.8. The molecule has 2 unspecified atom stereocenters. The SMILES string of the molecule is O=C(O)CN(C(=O)CC1C=CCC1)C1CCS(=O)(=O)C1. The number of sulfone groups is 1. The molecular formula is C13H19NO5S. The Labute approximate surface area is 118 Å². The lowest BCUT2D eigenvalue weighted by Gasteiger charge is -2.27. The van der Waals surface area contributed by atoms with Gasteiger partial charge in [0.2, 0.25) is 5.91 Å². The number of hydrogen-bond acceptors (Lipinski definition) is 4. The van der Waals surface area contributed by atoms with E-state index in [9.17, 15) is 18.0 Å². The van der Waals surface area contributed by atoms with Gasteiger partial charge in [-0.05, 0) is 25.2 Å². The Bertz CT molecular complexity index is 525. The summed E-state index contributed by atoms with van der Waals surface area (Å²) in [4.78, 5) is 24.4. The first-order valence-electron chi connectivity index (χ1n) is 6.76. The van der Waals surface area contributed by atoms with Crippen LogP contribution in [0.3, 0.4) is 0 Å². The van der Waals surface area contributed by atoms with E-state index in [2.05, 4.69) is 0 Å². The van der Waals surface area contributed by atoms with Gasteiger partial charge in [-0.2, -0.15) is 0 Å². The van der Waals surface area contributed by atoms with Crippen molar-refractivity contribution in [2.45, 2.75) is 31.7 Å². The molecule has 0 radical (unpaired) electrons. The number of nitrogens with zero attached hydrogens (tertiary/aromatic N) is 1. The van der Waals surface area contributed by atoms with Gasteiger partial charge in [0, 0.05) is 12.5 Å². The van der Waals surface area contributed by atoms with Crippen LogP contribution in [0.1, 0.15) is 25.7 Å². The number of allylic oxidation sites excluding steroid dienone is 2. The van der Waals surface area contributed by atoms with E-state index in [1.165, 1.54) is 4.90 Å². The molecule has 2 atom stereocenters. The third-order valence-electron chi connectivity index (χ3n) is 3.82. The summed E-state index contributed by atoms with van der Waals surface area (Å²) in [6.45, 7) is -0.421. The number of carbonyl (C=O) groups excluding carboxylic acids is 1. The Morgan fingerprint density at radius 3 is 2.55 bits per heavy atom. The quantitative estimate of drug-likeness (QED) is 0.744. The van der Waals surface area contributed by atoms with Gasteiger partial charge in [0.15, 0.2) is 9.84 Å². The average Bonchev–Trinajstić information content (AvgIpc) is 2.95. The van der Waals surface area contributed by atoms with Crippen molar-refractivity contribution in [3.05, 3.63) is 12.2 Å². The predicted octanol–water partition coefficient (Wildman–Crippen LogP) is 0.443. The summed E-state index contributed by atoms with van der Waals surface area (Å²) in [6, 6.07) is -0.492. The van der Waals surface area contributed by atoms with E-state index < -0.39 is 28.4 Å². The lowest BCUT2D eigenvalue weighted by atomic mass is 10.0. The molecule has 1 N–H and O–H groups in total. The Hall–Kier alpha value is -1.37. The summed E-state index contributed by atoms with van der Waals surface area (Å²) in [5.41, 5.74) is 0. The van der Waals surface area contributed by atoms with Crippen LogP contribution in [-0.2, 0) is 19.4 Å². The summed E-state index contributed by atoms with van der Waals surface area (Å²) in [5.74, 6) is -1.30. The molecule has 2 rings (SSSR count). The Kier molecular flexibility index (Phi) is 4.47. The first-order chi connectivity index (χ1) is 9.37. The number of aliphatic carboxylic acids is 1. The van der Waals surface area contributed by atoms with E-state index in [0.29, 0.717) is 6.42 Å². The maximum atomic E-state index is 12.3. The van der Waals surface area contributed by atoms with E-state index >= 15 is 0 Å². The van der Waals surface area contributed by atoms with Gasteiger partial charge in [0.1, 0.15) is 6.54 Å². The van der Waals surface area contributed by atoms with Crippen LogP contribution in [-0.4, -0.2) is 54.4 Å². The van der Waals surface area contributed by atoms with Gasteiger partial charge >= 0.3 is 5.97 Å². The molecule has 1 heterocycles. The van der Waals surface area contributed by atoms with Gasteiger partial charge in [-0.15, -0.1) is 0 Å². The van der Waals surface area contributed by atoms with Gasteiger partial charge < -0.3 is 10.0 Å². The molecule has 2 aliphatic rings. The van der Waals surface area contributed by atoms with Gasteiger partial charge in [-0.3, -0.25) is 9.59 Å². The predicted molar refractivity (Wildman–Crippen MR) is 72.9 cm³/mol. The largest absolute Gasteiger partial charge is 0.480 e. The molecule has 0 saturated carbocycles. The number of hydrogen-bond donors (Lipinski definition) is 1. The van der Waals surface area contributed by atoms with Gasteiger partial charge in [-0.25, -0.2) is 8.42 Å². The molecule has 1 fully saturated rings. The second-order valence-electron chi connectivity index (χ2n) is 5.44. The molecule has 0 aromatic heterocycles. The highest BCUT2D eigenvalue weighted by Gasteiger charge is 2.36. The van der Waals surface area contributed by atoms with E-state index in [1.807, 2.05) is 12.2 Å². The highest BCUT2D eigenvalue weighted by atomic mass is 32.2. The Morgan fingerprint density at radius 2 is 2.05 bits per heavy atom. The van der Waals surface area contributed by atoms with Crippen molar-refractivity contribution in [2.24, 2.45) is 5.92 Å². The van der Waals surface area contributed by atoms with Gasteiger partial charge in [0.05, 0.1) is 11.5 Å². The van der Waals surface area contributed by atoms with Crippen LogP contribution in [0.2, 0.25) is 0 Å². The second-order valence-corrected chi connectivity index (χ2v) is 7.67. The molecule has 20 heavy (non-hydrogen) atoms. The minimum absolute atomic E-state index is 0.0321. The zero-order valence-corrected chi connectivity index (χ0v) is 12.0. The monoisotopic (exact) mass is 301 g/mol. The highest BCUT2D eigenvalue weighted by molar-refractivity contribution is 7.91. The van der Waals surface area contributed by atoms with Crippen LogP contribution in [0.15, 0.2) is 12.2 Å². The molecule has 0 aromatic rings. The maximum Gasteiger partial charge on any atom is 0.323 e. The second kappa shape index (κ2) is 5.95. The normalized spacial score (nSPS) is 27.6. The zero-order valence-electron chi connectivity index (χ0n) is 11.2. The number of carboxylic acids is 1. The fourth-order valence-electron chi connectivity index (χ4n) is 2.79.